The number of para-hydroxylation sites is 1. The van der Waals surface area contributed by atoms with Gasteiger partial charge in [0.15, 0.2) is 0 Å². The maximum absolute atomic E-state index is 12.9. The summed E-state index contributed by atoms with van der Waals surface area (Å²) in [6, 6.07) is 7.13. The second-order valence-electron chi connectivity index (χ2n) is 5.67. The maximum atomic E-state index is 12.9. The molecule has 0 saturated heterocycles. The van der Waals surface area contributed by atoms with Gasteiger partial charge in [-0.25, -0.2) is 9.48 Å². The van der Waals surface area contributed by atoms with Crippen molar-refractivity contribution < 1.29 is 14.3 Å². The molecule has 1 aliphatic rings. The Bertz CT molecular complexity index is 818. The van der Waals surface area contributed by atoms with Crippen molar-refractivity contribution in [1.82, 2.24) is 14.8 Å². The van der Waals surface area contributed by atoms with E-state index >= 15 is 0 Å². The molecule has 1 aromatic carbocycles. The van der Waals surface area contributed by atoms with Crippen LogP contribution in [0.3, 0.4) is 0 Å². The maximum Gasteiger partial charge on any atom is 0.338 e. The monoisotopic (exact) mass is 374 g/mol. The third-order valence-corrected chi connectivity index (χ3v) is 4.98. The molecule has 1 aromatic heterocycles. The molecule has 0 saturated carbocycles. The number of thioether (sulfide) groups is 1. The Kier molecular flexibility index (Phi) is 5.82. The summed E-state index contributed by atoms with van der Waals surface area (Å²) < 4.78 is 12.7. The van der Waals surface area contributed by atoms with Crippen molar-refractivity contribution in [1.29, 1.82) is 0 Å². The number of anilines is 1. The number of ether oxygens (including phenoxy) is 2. The number of hydrogen-bond donors (Lipinski definition) is 1. The van der Waals surface area contributed by atoms with Crippen LogP contribution < -0.4 is 10.1 Å². The first-order valence-electron chi connectivity index (χ1n) is 8.42. The van der Waals surface area contributed by atoms with Crippen molar-refractivity contribution in [3.63, 3.8) is 0 Å². The van der Waals surface area contributed by atoms with Crippen molar-refractivity contribution in [2.45, 2.75) is 19.9 Å². The van der Waals surface area contributed by atoms with Gasteiger partial charge in [0.1, 0.15) is 24.7 Å². The zero-order valence-corrected chi connectivity index (χ0v) is 15.9. The highest BCUT2D eigenvalue weighted by molar-refractivity contribution is 7.99. The molecule has 0 spiro atoms. The fourth-order valence-electron chi connectivity index (χ4n) is 2.95. The van der Waals surface area contributed by atoms with Crippen LogP contribution in [0, 0.1) is 0 Å². The van der Waals surface area contributed by atoms with E-state index in [2.05, 4.69) is 22.3 Å². The molecule has 0 radical (unpaired) electrons. The van der Waals surface area contributed by atoms with E-state index in [1.807, 2.05) is 31.2 Å². The van der Waals surface area contributed by atoms with E-state index in [9.17, 15) is 4.79 Å². The third-order valence-electron chi connectivity index (χ3n) is 4.11. The Morgan fingerprint density at radius 1 is 1.38 bits per heavy atom. The van der Waals surface area contributed by atoms with Gasteiger partial charge in [0.25, 0.3) is 0 Å². The Balaban J connectivity index is 1.98. The van der Waals surface area contributed by atoms with Crippen LogP contribution in [-0.4, -0.2) is 46.0 Å². The molecule has 1 atom stereocenters. The fourth-order valence-corrected chi connectivity index (χ4v) is 3.44. The minimum absolute atomic E-state index is 0.358. The first kappa shape index (κ1) is 18.3. The Morgan fingerprint density at radius 2 is 2.19 bits per heavy atom. The summed E-state index contributed by atoms with van der Waals surface area (Å²) in [5, 5.41) is 7.44. The molecule has 1 aliphatic heterocycles. The summed E-state index contributed by atoms with van der Waals surface area (Å²) in [5.74, 6) is 2.67. The van der Waals surface area contributed by atoms with Gasteiger partial charge in [0.2, 0.25) is 5.95 Å². The fraction of sp³-hybridized carbons (Fsp3) is 0.389. The lowest BCUT2D eigenvalue weighted by molar-refractivity contribution is -0.138. The van der Waals surface area contributed by atoms with Crippen LogP contribution in [-0.2, 0) is 9.53 Å². The molecule has 1 unspecified atom stereocenters. The average molecular weight is 374 g/mol. The lowest BCUT2D eigenvalue weighted by atomic mass is 9.95. The number of nitrogens with zero attached hydrogens (tertiary/aromatic N) is 3. The lowest BCUT2D eigenvalue weighted by Crippen LogP contribution is -2.30. The van der Waals surface area contributed by atoms with Gasteiger partial charge < -0.3 is 14.8 Å². The van der Waals surface area contributed by atoms with E-state index in [4.69, 9.17) is 9.47 Å². The molecular weight excluding hydrogens is 352 g/mol. The number of rotatable bonds is 7. The second kappa shape index (κ2) is 8.27. The number of carbonyl (C=O) groups excluding carboxylic acids is 1. The molecule has 0 bridgehead atoms. The highest BCUT2D eigenvalue weighted by atomic mass is 32.2. The standard InChI is InChI=1S/C18H22N4O3S/c1-4-26-10-9-25-17(23)15-12(2)21-18-19-11-20-22(18)16(15)13-7-5-6-8-14(13)24-3/h5-8,11,16H,4,9-10H2,1-3H3,(H,19,20,21). The predicted molar refractivity (Wildman–Crippen MR) is 101 cm³/mol. The van der Waals surface area contributed by atoms with Crippen molar-refractivity contribution in [2.75, 3.05) is 30.5 Å². The van der Waals surface area contributed by atoms with Crippen molar-refractivity contribution in [3.8, 4) is 5.75 Å². The van der Waals surface area contributed by atoms with E-state index in [1.54, 1.807) is 23.6 Å². The van der Waals surface area contributed by atoms with Gasteiger partial charge in [0, 0.05) is 17.0 Å². The number of hydrogen-bond acceptors (Lipinski definition) is 7. The van der Waals surface area contributed by atoms with Crippen LogP contribution in [0.5, 0.6) is 5.75 Å². The molecule has 0 aliphatic carbocycles. The lowest BCUT2D eigenvalue weighted by Gasteiger charge is -2.29. The zero-order valence-electron chi connectivity index (χ0n) is 15.1. The summed E-state index contributed by atoms with van der Waals surface area (Å²) in [5.41, 5.74) is 2.04. The van der Waals surface area contributed by atoms with Gasteiger partial charge in [-0.15, -0.1) is 0 Å². The summed E-state index contributed by atoms with van der Waals surface area (Å²) in [4.78, 5) is 17.1. The van der Waals surface area contributed by atoms with Gasteiger partial charge in [-0.1, -0.05) is 25.1 Å². The number of esters is 1. The summed E-state index contributed by atoms with van der Waals surface area (Å²) in [7, 11) is 1.61. The number of nitrogens with one attached hydrogen (secondary N) is 1. The molecule has 2 heterocycles. The first-order valence-corrected chi connectivity index (χ1v) is 9.57. The molecule has 138 valence electrons. The molecule has 26 heavy (non-hydrogen) atoms. The highest BCUT2D eigenvalue weighted by Crippen LogP contribution is 2.38. The van der Waals surface area contributed by atoms with Gasteiger partial charge in [-0.05, 0) is 18.7 Å². The van der Waals surface area contributed by atoms with Crippen LogP contribution in [0.25, 0.3) is 0 Å². The Morgan fingerprint density at radius 3 is 2.96 bits per heavy atom. The smallest absolute Gasteiger partial charge is 0.338 e. The molecule has 3 rings (SSSR count). The van der Waals surface area contributed by atoms with Crippen LogP contribution in [0.4, 0.5) is 5.95 Å². The number of benzene rings is 1. The number of allylic oxidation sites excluding steroid dienone is 1. The molecule has 1 N–H and O–H groups in total. The molecule has 7 nitrogen and oxygen atoms in total. The molecule has 0 amide bonds. The van der Waals surface area contributed by atoms with Crippen LogP contribution in [0.15, 0.2) is 41.9 Å². The van der Waals surface area contributed by atoms with Crippen molar-refractivity contribution in [3.05, 3.63) is 47.4 Å². The summed E-state index contributed by atoms with van der Waals surface area (Å²) in [6.45, 7) is 4.29. The van der Waals surface area contributed by atoms with E-state index < -0.39 is 6.04 Å². The molecule has 0 fully saturated rings. The van der Waals surface area contributed by atoms with E-state index in [-0.39, 0.29) is 5.97 Å². The molecule has 8 heteroatoms. The van der Waals surface area contributed by atoms with Crippen LogP contribution >= 0.6 is 11.8 Å². The quantitative estimate of drug-likeness (QED) is 0.590. The van der Waals surface area contributed by atoms with Gasteiger partial charge in [-0.2, -0.15) is 21.8 Å². The van der Waals surface area contributed by atoms with Gasteiger partial charge in [-0.3, -0.25) is 0 Å². The second-order valence-corrected chi connectivity index (χ2v) is 7.06. The Labute approximate surface area is 156 Å². The largest absolute Gasteiger partial charge is 0.496 e. The molecular formula is C18H22N4O3S. The summed E-state index contributed by atoms with van der Waals surface area (Å²) in [6.07, 6.45) is 1.46. The van der Waals surface area contributed by atoms with Crippen LogP contribution in [0.2, 0.25) is 0 Å². The highest BCUT2D eigenvalue weighted by Gasteiger charge is 2.35. The SMILES string of the molecule is CCSCCOC(=O)C1=C(C)Nc2ncnn2C1c1ccccc1OC. The van der Waals surface area contributed by atoms with E-state index in [0.717, 1.165) is 17.1 Å². The minimum atomic E-state index is -0.462. The van der Waals surface area contributed by atoms with Gasteiger partial charge in [0.05, 0.1) is 12.7 Å². The van der Waals surface area contributed by atoms with Crippen LogP contribution in [0.1, 0.15) is 25.5 Å². The van der Waals surface area contributed by atoms with Gasteiger partial charge >= 0.3 is 5.97 Å². The Hall–Kier alpha value is -2.48. The number of aromatic nitrogens is 3. The summed E-state index contributed by atoms with van der Waals surface area (Å²) >= 11 is 1.73. The zero-order chi connectivity index (χ0) is 18.5. The topological polar surface area (TPSA) is 78.3 Å². The van der Waals surface area contributed by atoms with E-state index in [1.165, 1.54) is 6.33 Å². The first-order chi connectivity index (χ1) is 12.7. The minimum Gasteiger partial charge on any atom is -0.496 e. The van der Waals surface area contributed by atoms with Crippen molar-refractivity contribution >= 4 is 23.7 Å². The normalized spacial score (nSPS) is 16.0. The van der Waals surface area contributed by atoms with E-state index in [0.29, 0.717) is 29.6 Å². The third kappa shape index (κ3) is 3.55. The number of methoxy groups -OCH3 is 1. The average Bonchev–Trinajstić information content (AvgIpc) is 3.11. The van der Waals surface area contributed by atoms with Crippen molar-refractivity contribution in [2.24, 2.45) is 0 Å². The number of fused-ring (bicyclic) bond motifs is 1. The molecule has 2 aromatic rings. The number of carbonyl (C=O) groups is 1. The predicted octanol–water partition coefficient (Wildman–Crippen LogP) is 2.87.